The minimum Gasteiger partial charge on any atom is -0.321 e. The molecule has 1 aliphatic rings. The highest BCUT2D eigenvalue weighted by atomic mass is 16.2. The first-order chi connectivity index (χ1) is 9.01. The van der Waals surface area contributed by atoms with Gasteiger partial charge in [-0.3, -0.25) is 10.1 Å². The molecule has 1 fully saturated rings. The van der Waals surface area contributed by atoms with Gasteiger partial charge in [0.1, 0.15) is 6.17 Å². The van der Waals surface area contributed by atoms with Crippen LogP contribution < -0.4 is 5.32 Å². The van der Waals surface area contributed by atoms with Crippen molar-refractivity contribution in [3.05, 3.63) is 35.4 Å². The van der Waals surface area contributed by atoms with E-state index in [0.717, 1.165) is 19.4 Å². The molecular formula is C16H24N2O. The van der Waals surface area contributed by atoms with E-state index in [1.165, 1.54) is 11.1 Å². The summed E-state index contributed by atoms with van der Waals surface area (Å²) in [6.07, 6.45) is 1.81. The van der Waals surface area contributed by atoms with Crippen molar-refractivity contribution in [2.45, 2.75) is 52.2 Å². The summed E-state index contributed by atoms with van der Waals surface area (Å²) in [6, 6.07) is 8.44. The molecule has 1 saturated heterocycles. The Morgan fingerprint density at radius 3 is 2.42 bits per heavy atom. The third kappa shape index (κ3) is 2.52. The van der Waals surface area contributed by atoms with Crippen LogP contribution in [0.4, 0.5) is 0 Å². The molecule has 1 aliphatic heterocycles. The Labute approximate surface area is 116 Å². The van der Waals surface area contributed by atoms with Crippen molar-refractivity contribution in [3.8, 4) is 0 Å². The normalized spacial score (nSPS) is 27.1. The number of benzene rings is 1. The largest absolute Gasteiger partial charge is 0.321 e. The van der Waals surface area contributed by atoms with Crippen LogP contribution in [0.5, 0.6) is 0 Å². The van der Waals surface area contributed by atoms with Crippen LogP contribution in [-0.4, -0.2) is 22.9 Å². The molecule has 0 aliphatic carbocycles. The standard InChI is InChI=1S/C16H24N2O/c1-5-11-18-14(13-9-7-12(3)8-10-13)17-16(4,6-2)15(18)19/h7-10,14,17H,5-6,11H2,1-4H3. The molecule has 1 heterocycles. The molecule has 1 aromatic carbocycles. The fourth-order valence-corrected chi connectivity index (χ4v) is 2.61. The smallest absolute Gasteiger partial charge is 0.244 e. The summed E-state index contributed by atoms with van der Waals surface area (Å²) in [5, 5.41) is 3.51. The van der Waals surface area contributed by atoms with Gasteiger partial charge >= 0.3 is 0 Å². The van der Waals surface area contributed by atoms with Crippen LogP contribution in [-0.2, 0) is 4.79 Å². The second-order valence-corrected chi connectivity index (χ2v) is 5.64. The molecular weight excluding hydrogens is 236 g/mol. The molecule has 1 N–H and O–H groups in total. The number of hydrogen-bond acceptors (Lipinski definition) is 2. The highest BCUT2D eigenvalue weighted by Gasteiger charge is 2.46. The van der Waals surface area contributed by atoms with E-state index in [4.69, 9.17) is 0 Å². The van der Waals surface area contributed by atoms with Gasteiger partial charge in [-0.1, -0.05) is 43.7 Å². The second-order valence-electron chi connectivity index (χ2n) is 5.64. The molecule has 3 nitrogen and oxygen atoms in total. The lowest BCUT2D eigenvalue weighted by atomic mass is 9.99. The summed E-state index contributed by atoms with van der Waals surface area (Å²) >= 11 is 0. The second kappa shape index (κ2) is 5.33. The molecule has 0 radical (unpaired) electrons. The first-order valence-corrected chi connectivity index (χ1v) is 7.17. The van der Waals surface area contributed by atoms with Gasteiger partial charge in [0, 0.05) is 6.54 Å². The number of carbonyl (C=O) groups excluding carboxylic acids is 1. The van der Waals surface area contributed by atoms with Crippen LogP contribution in [0.25, 0.3) is 0 Å². The monoisotopic (exact) mass is 260 g/mol. The third-order valence-corrected chi connectivity index (χ3v) is 4.06. The molecule has 2 rings (SSSR count). The van der Waals surface area contributed by atoms with Crippen LogP contribution >= 0.6 is 0 Å². The van der Waals surface area contributed by atoms with Crippen LogP contribution in [0.2, 0.25) is 0 Å². The minimum absolute atomic E-state index is 0.0120. The number of amides is 1. The summed E-state index contributed by atoms with van der Waals surface area (Å²) < 4.78 is 0. The molecule has 0 bridgehead atoms. The molecule has 1 aromatic rings. The first-order valence-electron chi connectivity index (χ1n) is 7.17. The minimum atomic E-state index is -0.426. The van der Waals surface area contributed by atoms with E-state index in [9.17, 15) is 4.79 Å². The number of hydrogen-bond donors (Lipinski definition) is 1. The van der Waals surface area contributed by atoms with E-state index >= 15 is 0 Å². The molecule has 2 atom stereocenters. The van der Waals surface area contributed by atoms with Gasteiger partial charge in [-0.15, -0.1) is 0 Å². The number of rotatable bonds is 4. The highest BCUT2D eigenvalue weighted by Crippen LogP contribution is 2.32. The van der Waals surface area contributed by atoms with E-state index in [1.807, 2.05) is 11.8 Å². The number of nitrogens with zero attached hydrogens (tertiary/aromatic N) is 1. The summed E-state index contributed by atoms with van der Waals surface area (Å²) in [6.45, 7) is 9.07. The Morgan fingerprint density at radius 1 is 1.26 bits per heavy atom. The maximum Gasteiger partial charge on any atom is 0.244 e. The summed E-state index contributed by atoms with van der Waals surface area (Å²) in [4.78, 5) is 14.5. The summed E-state index contributed by atoms with van der Waals surface area (Å²) in [5.74, 6) is 0.224. The van der Waals surface area contributed by atoms with E-state index in [-0.39, 0.29) is 12.1 Å². The number of nitrogens with one attached hydrogen (secondary N) is 1. The van der Waals surface area contributed by atoms with Crippen molar-refractivity contribution in [2.24, 2.45) is 0 Å². The Balaban J connectivity index is 2.32. The van der Waals surface area contributed by atoms with Gasteiger partial charge in [0.2, 0.25) is 5.91 Å². The van der Waals surface area contributed by atoms with E-state index in [0.29, 0.717) is 0 Å². The van der Waals surface area contributed by atoms with Crippen molar-refractivity contribution in [1.82, 2.24) is 10.2 Å². The SMILES string of the molecule is CCCN1C(=O)C(C)(CC)NC1c1ccc(C)cc1. The number of carbonyl (C=O) groups is 1. The van der Waals surface area contributed by atoms with Crippen molar-refractivity contribution in [1.29, 1.82) is 0 Å². The maximum atomic E-state index is 12.6. The third-order valence-electron chi connectivity index (χ3n) is 4.06. The van der Waals surface area contributed by atoms with Crippen LogP contribution in [0.15, 0.2) is 24.3 Å². The van der Waals surface area contributed by atoms with Crippen LogP contribution in [0.3, 0.4) is 0 Å². The molecule has 104 valence electrons. The predicted octanol–water partition coefficient (Wildman–Crippen LogP) is 3.00. The lowest BCUT2D eigenvalue weighted by molar-refractivity contribution is -0.133. The van der Waals surface area contributed by atoms with Crippen molar-refractivity contribution < 1.29 is 4.79 Å². The lowest BCUT2D eigenvalue weighted by Gasteiger charge is -2.24. The lowest BCUT2D eigenvalue weighted by Crippen LogP contribution is -2.43. The molecule has 3 heteroatoms. The van der Waals surface area contributed by atoms with Crippen molar-refractivity contribution in [2.75, 3.05) is 6.54 Å². The van der Waals surface area contributed by atoms with Gasteiger partial charge in [0.25, 0.3) is 0 Å². The maximum absolute atomic E-state index is 12.6. The van der Waals surface area contributed by atoms with Gasteiger partial charge in [-0.05, 0) is 32.3 Å². The van der Waals surface area contributed by atoms with Crippen molar-refractivity contribution in [3.63, 3.8) is 0 Å². The van der Waals surface area contributed by atoms with Gasteiger partial charge < -0.3 is 4.90 Å². The van der Waals surface area contributed by atoms with E-state index in [2.05, 4.69) is 50.4 Å². The fraction of sp³-hybridized carbons (Fsp3) is 0.562. The fourth-order valence-electron chi connectivity index (χ4n) is 2.61. The predicted molar refractivity (Wildman–Crippen MR) is 77.8 cm³/mol. The Kier molecular flexibility index (Phi) is 3.95. The van der Waals surface area contributed by atoms with Gasteiger partial charge in [0.05, 0.1) is 5.54 Å². The zero-order chi connectivity index (χ0) is 14.0. The average Bonchev–Trinajstić information content (AvgIpc) is 2.66. The Hall–Kier alpha value is -1.35. The average molecular weight is 260 g/mol. The Morgan fingerprint density at radius 2 is 1.89 bits per heavy atom. The van der Waals surface area contributed by atoms with Gasteiger partial charge in [0.15, 0.2) is 0 Å². The molecule has 19 heavy (non-hydrogen) atoms. The summed E-state index contributed by atoms with van der Waals surface area (Å²) in [7, 11) is 0. The van der Waals surface area contributed by atoms with Crippen molar-refractivity contribution >= 4 is 5.91 Å². The van der Waals surface area contributed by atoms with E-state index in [1.54, 1.807) is 0 Å². The highest BCUT2D eigenvalue weighted by molar-refractivity contribution is 5.88. The van der Waals surface area contributed by atoms with Gasteiger partial charge in [-0.2, -0.15) is 0 Å². The van der Waals surface area contributed by atoms with Crippen LogP contribution in [0.1, 0.15) is 50.9 Å². The zero-order valence-corrected chi connectivity index (χ0v) is 12.4. The summed E-state index contributed by atoms with van der Waals surface area (Å²) in [5.41, 5.74) is 1.99. The molecule has 0 spiro atoms. The quantitative estimate of drug-likeness (QED) is 0.902. The molecule has 1 amide bonds. The first kappa shape index (κ1) is 14.1. The topological polar surface area (TPSA) is 32.3 Å². The van der Waals surface area contributed by atoms with Crippen LogP contribution in [0, 0.1) is 6.92 Å². The Bertz CT molecular complexity index is 454. The molecule has 0 aromatic heterocycles. The molecule has 2 unspecified atom stereocenters. The number of aryl methyl sites for hydroxylation is 1. The zero-order valence-electron chi connectivity index (χ0n) is 12.4. The van der Waals surface area contributed by atoms with Gasteiger partial charge in [-0.25, -0.2) is 0 Å². The van der Waals surface area contributed by atoms with E-state index < -0.39 is 5.54 Å². The molecule has 0 saturated carbocycles.